The minimum atomic E-state index is -0.598. The molecule has 0 bridgehead atoms. The molecular formula is C21H16ClN3O6S. The molecule has 0 aliphatic heterocycles. The van der Waals surface area contributed by atoms with E-state index < -0.39 is 16.8 Å². The number of carbonyl (C=O) groups is 3. The Hall–Kier alpha value is -3.76. The fourth-order valence-corrected chi connectivity index (χ4v) is 3.68. The first-order valence-electron chi connectivity index (χ1n) is 9.09. The summed E-state index contributed by atoms with van der Waals surface area (Å²) in [6.07, 6.45) is 0. The average molecular weight is 474 g/mol. The summed E-state index contributed by atoms with van der Waals surface area (Å²) in [5, 5.41) is 16.2. The van der Waals surface area contributed by atoms with Crippen molar-refractivity contribution in [3.8, 4) is 0 Å². The van der Waals surface area contributed by atoms with Crippen LogP contribution in [0, 0.1) is 10.1 Å². The van der Waals surface area contributed by atoms with E-state index in [1.54, 1.807) is 18.2 Å². The molecule has 3 rings (SSSR count). The molecule has 0 aliphatic rings. The molecule has 0 fully saturated rings. The number of halogens is 1. The van der Waals surface area contributed by atoms with Crippen molar-refractivity contribution >= 4 is 52.1 Å². The number of thiophene rings is 1. The molecule has 2 N–H and O–H groups in total. The monoisotopic (exact) mass is 473 g/mol. The maximum absolute atomic E-state index is 12.7. The van der Waals surface area contributed by atoms with Gasteiger partial charge >= 0.3 is 5.97 Å². The van der Waals surface area contributed by atoms with Gasteiger partial charge in [0.15, 0.2) is 0 Å². The van der Waals surface area contributed by atoms with E-state index in [0.29, 0.717) is 14.8 Å². The summed E-state index contributed by atoms with van der Waals surface area (Å²) in [6.45, 7) is 0.0612. The molecule has 1 heterocycles. The van der Waals surface area contributed by atoms with E-state index >= 15 is 0 Å². The molecule has 0 saturated heterocycles. The van der Waals surface area contributed by atoms with Crippen molar-refractivity contribution in [1.82, 2.24) is 5.32 Å². The predicted octanol–water partition coefficient (Wildman–Crippen LogP) is 4.28. The molecule has 2 aromatic carbocycles. The van der Waals surface area contributed by atoms with Crippen LogP contribution >= 0.6 is 22.9 Å². The van der Waals surface area contributed by atoms with Crippen LogP contribution in [0.4, 0.5) is 11.4 Å². The number of non-ortho nitro benzene ring substituents is 1. The highest BCUT2D eigenvalue weighted by Gasteiger charge is 2.16. The van der Waals surface area contributed by atoms with Gasteiger partial charge < -0.3 is 15.4 Å². The lowest BCUT2D eigenvalue weighted by Gasteiger charge is -2.13. The van der Waals surface area contributed by atoms with Crippen molar-refractivity contribution in [3.63, 3.8) is 0 Å². The lowest BCUT2D eigenvalue weighted by atomic mass is 10.1. The lowest BCUT2D eigenvalue weighted by Crippen LogP contribution is -2.23. The maximum atomic E-state index is 12.7. The molecule has 9 nitrogen and oxygen atoms in total. The van der Waals surface area contributed by atoms with Gasteiger partial charge in [0.25, 0.3) is 17.5 Å². The van der Waals surface area contributed by atoms with Crippen LogP contribution in [0.25, 0.3) is 0 Å². The molecule has 0 radical (unpaired) electrons. The Bertz CT molecular complexity index is 1190. The molecule has 1 aromatic heterocycles. The Kier molecular flexibility index (Phi) is 7.18. The van der Waals surface area contributed by atoms with Crippen molar-refractivity contribution in [2.45, 2.75) is 6.54 Å². The summed E-state index contributed by atoms with van der Waals surface area (Å²) < 4.78 is 5.20. The largest absolute Gasteiger partial charge is 0.465 e. The van der Waals surface area contributed by atoms with Crippen LogP contribution in [0.3, 0.4) is 0 Å². The van der Waals surface area contributed by atoms with Gasteiger partial charge in [-0.15, -0.1) is 11.3 Å². The van der Waals surface area contributed by atoms with E-state index in [1.807, 2.05) is 0 Å². The zero-order chi connectivity index (χ0) is 23.3. The number of esters is 1. The molecular weight excluding hydrogens is 458 g/mol. The third kappa shape index (κ3) is 5.48. The second-order valence-corrected chi connectivity index (χ2v) is 8.12. The number of nitro groups is 1. The number of hydrogen-bond donors (Lipinski definition) is 2. The molecule has 0 aliphatic carbocycles. The van der Waals surface area contributed by atoms with Crippen LogP contribution in [0.1, 0.15) is 36.0 Å². The number of anilines is 1. The fourth-order valence-electron chi connectivity index (χ4n) is 2.72. The smallest absolute Gasteiger partial charge is 0.337 e. The maximum Gasteiger partial charge on any atom is 0.337 e. The van der Waals surface area contributed by atoms with Gasteiger partial charge in [-0.2, -0.15) is 0 Å². The number of hydrogen-bond acceptors (Lipinski definition) is 7. The molecule has 0 saturated carbocycles. The number of methoxy groups -OCH3 is 1. The van der Waals surface area contributed by atoms with Gasteiger partial charge in [0.2, 0.25) is 0 Å². The molecule has 32 heavy (non-hydrogen) atoms. The molecule has 2 amide bonds. The van der Waals surface area contributed by atoms with E-state index in [0.717, 1.165) is 11.3 Å². The molecule has 11 heteroatoms. The minimum absolute atomic E-state index is 0.0612. The Labute approximate surface area is 191 Å². The Morgan fingerprint density at radius 3 is 2.31 bits per heavy atom. The number of amides is 2. The van der Waals surface area contributed by atoms with Crippen molar-refractivity contribution in [2.75, 3.05) is 12.4 Å². The number of benzene rings is 2. The van der Waals surface area contributed by atoms with Gasteiger partial charge in [0.1, 0.15) is 0 Å². The first-order valence-corrected chi connectivity index (χ1v) is 10.3. The van der Waals surface area contributed by atoms with E-state index in [-0.39, 0.29) is 35.0 Å². The summed E-state index contributed by atoms with van der Waals surface area (Å²) in [6, 6.07) is 12.8. The van der Waals surface area contributed by atoms with Crippen molar-refractivity contribution in [1.29, 1.82) is 0 Å². The van der Waals surface area contributed by atoms with Crippen molar-refractivity contribution < 1.29 is 24.0 Å². The van der Waals surface area contributed by atoms with Crippen LogP contribution in [0.5, 0.6) is 0 Å². The van der Waals surface area contributed by atoms with E-state index in [1.165, 1.54) is 43.5 Å². The lowest BCUT2D eigenvalue weighted by molar-refractivity contribution is -0.384. The van der Waals surface area contributed by atoms with Crippen molar-refractivity contribution in [2.24, 2.45) is 0 Å². The number of nitrogens with one attached hydrogen (secondary N) is 2. The first kappa shape index (κ1) is 22.9. The van der Waals surface area contributed by atoms with Gasteiger partial charge in [0.05, 0.1) is 26.8 Å². The minimum Gasteiger partial charge on any atom is -0.465 e. The van der Waals surface area contributed by atoms with E-state index in [2.05, 4.69) is 10.6 Å². The summed E-state index contributed by atoms with van der Waals surface area (Å²) >= 11 is 6.99. The predicted molar refractivity (Wildman–Crippen MR) is 119 cm³/mol. The summed E-state index contributed by atoms with van der Waals surface area (Å²) in [4.78, 5) is 47.6. The second kappa shape index (κ2) is 10.0. The fraction of sp³-hybridized carbons (Fsp3) is 0.0952. The average Bonchev–Trinajstić information content (AvgIpc) is 3.23. The van der Waals surface area contributed by atoms with E-state index in [4.69, 9.17) is 16.3 Å². The normalized spacial score (nSPS) is 10.3. The van der Waals surface area contributed by atoms with Gasteiger partial charge in [0, 0.05) is 29.9 Å². The number of carbonyl (C=O) groups excluding carboxylic acids is 3. The highest BCUT2D eigenvalue weighted by atomic mass is 35.5. The van der Waals surface area contributed by atoms with Crippen LogP contribution in [0.2, 0.25) is 4.34 Å². The van der Waals surface area contributed by atoms with Gasteiger partial charge in [-0.05, 0) is 42.0 Å². The number of ether oxygens (including phenoxy) is 1. The third-order valence-electron chi connectivity index (χ3n) is 4.36. The quantitative estimate of drug-likeness (QED) is 0.299. The van der Waals surface area contributed by atoms with Crippen LogP contribution in [-0.2, 0) is 11.3 Å². The Morgan fingerprint density at radius 2 is 1.72 bits per heavy atom. The van der Waals surface area contributed by atoms with Gasteiger partial charge in [-0.1, -0.05) is 17.7 Å². The zero-order valence-corrected chi connectivity index (χ0v) is 18.2. The highest BCUT2D eigenvalue weighted by molar-refractivity contribution is 7.18. The van der Waals surface area contributed by atoms with Crippen LogP contribution < -0.4 is 10.6 Å². The molecule has 3 aromatic rings. The summed E-state index contributed by atoms with van der Waals surface area (Å²) in [5.41, 5.74) is 1.05. The summed E-state index contributed by atoms with van der Waals surface area (Å²) in [7, 11) is 1.23. The standard InChI is InChI=1S/C21H16ClN3O6S/c1-31-21(28)13-2-3-14(11-23-20(27)17-8-9-18(22)32-17)16(10-13)24-19(26)12-4-6-15(7-5-12)25(29)30/h2-10H,11H2,1H3,(H,23,27)(H,24,26). The van der Waals surface area contributed by atoms with E-state index in [9.17, 15) is 24.5 Å². The van der Waals surface area contributed by atoms with Crippen LogP contribution in [0.15, 0.2) is 54.6 Å². The molecule has 0 unspecified atom stereocenters. The number of nitrogens with zero attached hydrogens (tertiary/aromatic N) is 1. The van der Waals surface area contributed by atoms with Crippen molar-refractivity contribution in [3.05, 3.63) is 90.6 Å². The molecule has 0 atom stereocenters. The molecule has 0 spiro atoms. The van der Waals surface area contributed by atoms with Gasteiger partial charge in [-0.25, -0.2) is 4.79 Å². The highest BCUT2D eigenvalue weighted by Crippen LogP contribution is 2.23. The SMILES string of the molecule is COC(=O)c1ccc(CNC(=O)c2ccc(Cl)s2)c(NC(=O)c2ccc([N+](=O)[O-])cc2)c1. The third-order valence-corrected chi connectivity index (χ3v) is 5.59. The van der Waals surface area contributed by atoms with Gasteiger partial charge in [-0.3, -0.25) is 19.7 Å². The Morgan fingerprint density at radius 1 is 1.03 bits per heavy atom. The van der Waals surface area contributed by atoms with Crippen LogP contribution in [-0.4, -0.2) is 29.8 Å². The Balaban J connectivity index is 1.82. The molecule has 164 valence electrons. The topological polar surface area (TPSA) is 128 Å². The summed E-state index contributed by atoms with van der Waals surface area (Å²) in [5.74, 6) is -1.48. The number of rotatable bonds is 7. The number of nitro benzene ring substituents is 1. The first-order chi connectivity index (χ1) is 15.3. The zero-order valence-electron chi connectivity index (χ0n) is 16.6. The second-order valence-electron chi connectivity index (χ2n) is 6.41.